The smallest absolute Gasteiger partial charge is 0.242 e. The topological polar surface area (TPSA) is 46.3 Å². The van der Waals surface area contributed by atoms with E-state index in [9.17, 15) is 4.79 Å². The first-order valence-electron chi connectivity index (χ1n) is 5.42. The molecule has 2 atom stereocenters. The molecule has 2 unspecified atom stereocenters. The van der Waals surface area contributed by atoms with E-state index in [4.69, 9.17) is 5.73 Å². The lowest BCUT2D eigenvalue weighted by Crippen LogP contribution is -2.53. The van der Waals surface area contributed by atoms with Crippen molar-refractivity contribution in [3.63, 3.8) is 0 Å². The highest BCUT2D eigenvalue weighted by atomic mass is 32.2. The molecule has 15 heavy (non-hydrogen) atoms. The monoisotopic (exact) mass is 232 g/mol. The number of carbonyl (C=O) groups is 1. The van der Waals surface area contributed by atoms with E-state index in [1.807, 2.05) is 14.0 Å². The average Bonchev–Trinajstić information content (AvgIpc) is 2.23. The van der Waals surface area contributed by atoms with E-state index in [0.29, 0.717) is 6.42 Å². The first kappa shape index (κ1) is 14.8. The molecule has 0 spiro atoms. The Bertz CT molecular complexity index is 207. The summed E-state index contributed by atoms with van der Waals surface area (Å²) >= 11 is 1.80. The molecule has 0 aromatic carbocycles. The minimum Gasteiger partial charge on any atom is -0.341 e. The lowest BCUT2D eigenvalue weighted by molar-refractivity contribution is -0.137. The standard InChI is InChI=1S/C11H24N2OS/c1-6-11(3,12)10(14)13(4)9(2)7-8-15-5/h9H,6-8,12H2,1-5H3. The Kier molecular flexibility index (Phi) is 6.29. The quantitative estimate of drug-likeness (QED) is 0.758. The van der Waals surface area contributed by atoms with Gasteiger partial charge in [-0.15, -0.1) is 0 Å². The highest BCUT2D eigenvalue weighted by Crippen LogP contribution is 2.13. The molecule has 0 aromatic rings. The molecular formula is C11H24N2OS. The van der Waals surface area contributed by atoms with Crippen molar-refractivity contribution >= 4 is 17.7 Å². The van der Waals surface area contributed by atoms with Crippen molar-refractivity contribution in [1.82, 2.24) is 4.90 Å². The molecule has 1 amide bonds. The van der Waals surface area contributed by atoms with Crippen LogP contribution in [-0.4, -0.2) is 41.4 Å². The zero-order chi connectivity index (χ0) is 12.1. The van der Waals surface area contributed by atoms with Crippen molar-refractivity contribution in [3.05, 3.63) is 0 Å². The number of hydrogen-bond donors (Lipinski definition) is 1. The van der Waals surface area contributed by atoms with Crippen LogP contribution < -0.4 is 5.73 Å². The van der Waals surface area contributed by atoms with Crippen LogP contribution in [0.15, 0.2) is 0 Å². The van der Waals surface area contributed by atoms with Crippen molar-refractivity contribution < 1.29 is 4.79 Å². The van der Waals surface area contributed by atoms with Gasteiger partial charge in [0.1, 0.15) is 0 Å². The fourth-order valence-electron chi connectivity index (χ4n) is 1.24. The van der Waals surface area contributed by atoms with Crippen molar-refractivity contribution in [3.8, 4) is 0 Å². The van der Waals surface area contributed by atoms with Gasteiger partial charge in [-0.05, 0) is 38.7 Å². The van der Waals surface area contributed by atoms with E-state index < -0.39 is 5.54 Å². The maximum Gasteiger partial charge on any atom is 0.242 e. The molecule has 0 radical (unpaired) electrons. The van der Waals surface area contributed by atoms with Gasteiger partial charge in [-0.25, -0.2) is 0 Å². The largest absolute Gasteiger partial charge is 0.341 e. The molecule has 0 aliphatic heterocycles. The number of thioether (sulfide) groups is 1. The van der Waals surface area contributed by atoms with Crippen molar-refractivity contribution in [1.29, 1.82) is 0 Å². The Morgan fingerprint density at radius 3 is 2.53 bits per heavy atom. The summed E-state index contributed by atoms with van der Waals surface area (Å²) in [5.74, 6) is 1.12. The van der Waals surface area contributed by atoms with Crippen molar-refractivity contribution in [2.45, 2.75) is 45.2 Å². The molecule has 0 fully saturated rings. The molecule has 0 aliphatic carbocycles. The van der Waals surface area contributed by atoms with Gasteiger partial charge in [0.15, 0.2) is 0 Å². The summed E-state index contributed by atoms with van der Waals surface area (Å²) in [6.45, 7) is 5.81. The molecule has 4 heteroatoms. The minimum absolute atomic E-state index is 0.0404. The Balaban J connectivity index is 4.31. The molecule has 2 N–H and O–H groups in total. The van der Waals surface area contributed by atoms with E-state index in [-0.39, 0.29) is 11.9 Å². The van der Waals surface area contributed by atoms with E-state index in [2.05, 4.69) is 13.2 Å². The van der Waals surface area contributed by atoms with Crippen molar-refractivity contribution in [2.75, 3.05) is 19.1 Å². The second-order valence-corrected chi connectivity index (χ2v) is 5.30. The van der Waals surface area contributed by atoms with Gasteiger partial charge < -0.3 is 10.6 Å². The van der Waals surface area contributed by atoms with Gasteiger partial charge in [0.05, 0.1) is 5.54 Å². The molecule has 3 nitrogen and oxygen atoms in total. The number of rotatable bonds is 6. The molecule has 0 saturated carbocycles. The van der Waals surface area contributed by atoms with Gasteiger partial charge in [-0.1, -0.05) is 6.92 Å². The lowest BCUT2D eigenvalue weighted by Gasteiger charge is -2.32. The van der Waals surface area contributed by atoms with Crippen molar-refractivity contribution in [2.24, 2.45) is 5.73 Å². The number of hydrogen-bond acceptors (Lipinski definition) is 3. The van der Waals surface area contributed by atoms with Gasteiger partial charge in [-0.2, -0.15) is 11.8 Å². The second kappa shape index (κ2) is 6.38. The van der Waals surface area contributed by atoms with Gasteiger partial charge in [0.2, 0.25) is 5.91 Å². The highest BCUT2D eigenvalue weighted by Gasteiger charge is 2.30. The molecule has 0 bridgehead atoms. The zero-order valence-corrected chi connectivity index (χ0v) is 11.4. The molecule has 0 aromatic heterocycles. The lowest BCUT2D eigenvalue weighted by atomic mass is 9.98. The van der Waals surface area contributed by atoms with Crippen LogP contribution in [-0.2, 0) is 4.79 Å². The normalized spacial score (nSPS) is 16.9. The third-order valence-corrected chi connectivity index (χ3v) is 3.59. The van der Waals surface area contributed by atoms with E-state index in [1.54, 1.807) is 23.6 Å². The molecule has 0 saturated heterocycles. The number of carbonyl (C=O) groups excluding carboxylic acids is 1. The Morgan fingerprint density at radius 2 is 2.13 bits per heavy atom. The van der Waals surface area contributed by atoms with Crippen LogP contribution in [0.4, 0.5) is 0 Å². The number of nitrogens with zero attached hydrogens (tertiary/aromatic N) is 1. The number of nitrogens with two attached hydrogens (primary N) is 1. The summed E-state index contributed by atoms with van der Waals surface area (Å²) in [6, 6.07) is 0.263. The minimum atomic E-state index is -0.720. The van der Waals surface area contributed by atoms with Crippen LogP contribution in [0.25, 0.3) is 0 Å². The predicted octanol–water partition coefficient (Wildman–Crippen LogP) is 1.71. The maximum atomic E-state index is 12.0. The third-order valence-electron chi connectivity index (χ3n) is 2.94. The molecule has 0 aliphatic rings. The van der Waals surface area contributed by atoms with E-state index in [1.165, 1.54) is 0 Å². The van der Waals surface area contributed by atoms with Gasteiger partial charge in [-0.3, -0.25) is 4.79 Å². The summed E-state index contributed by atoms with van der Waals surface area (Å²) in [5, 5.41) is 0. The van der Waals surface area contributed by atoms with Gasteiger partial charge in [0, 0.05) is 13.1 Å². The van der Waals surface area contributed by atoms with Gasteiger partial charge in [0.25, 0.3) is 0 Å². The molecule has 90 valence electrons. The summed E-state index contributed by atoms with van der Waals surface area (Å²) in [6.07, 6.45) is 3.77. The number of likely N-dealkylation sites (N-methyl/N-ethyl adjacent to an activating group) is 1. The summed E-state index contributed by atoms with van der Waals surface area (Å²) < 4.78 is 0. The summed E-state index contributed by atoms with van der Waals surface area (Å²) in [4.78, 5) is 13.8. The highest BCUT2D eigenvalue weighted by molar-refractivity contribution is 7.98. The number of amides is 1. The summed E-state index contributed by atoms with van der Waals surface area (Å²) in [5.41, 5.74) is 5.21. The Morgan fingerprint density at radius 1 is 1.60 bits per heavy atom. The first-order valence-corrected chi connectivity index (χ1v) is 6.81. The average molecular weight is 232 g/mol. The fourth-order valence-corrected chi connectivity index (χ4v) is 1.81. The van der Waals surface area contributed by atoms with Crippen LogP contribution in [0.2, 0.25) is 0 Å². The Hall–Kier alpha value is -0.220. The van der Waals surface area contributed by atoms with Crippen LogP contribution in [0.5, 0.6) is 0 Å². The molecular weight excluding hydrogens is 208 g/mol. The Labute approximate surface area is 97.8 Å². The van der Waals surface area contributed by atoms with Gasteiger partial charge >= 0.3 is 0 Å². The van der Waals surface area contributed by atoms with Crippen LogP contribution >= 0.6 is 11.8 Å². The van der Waals surface area contributed by atoms with E-state index >= 15 is 0 Å². The van der Waals surface area contributed by atoms with Crippen LogP contribution in [0.1, 0.15) is 33.6 Å². The predicted molar refractivity (Wildman–Crippen MR) is 68.1 cm³/mol. The van der Waals surface area contributed by atoms with Crippen LogP contribution in [0.3, 0.4) is 0 Å². The van der Waals surface area contributed by atoms with Crippen LogP contribution in [0, 0.1) is 0 Å². The fraction of sp³-hybridized carbons (Fsp3) is 0.909. The SMILES string of the molecule is CCC(C)(N)C(=O)N(C)C(C)CCSC. The molecule has 0 rings (SSSR count). The first-order chi connectivity index (χ1) is 6.86. The summed E-state index contributed by atoms with van der Waals surface area (Å²) in [7, 11) is 1.84. The molecule has 0 heterocycles. The zero-order valence-electron chi connectivity index (χ0n) is 10.5. The second-order valence-electron chi connectivity index (χ2n) is 4.32. The van der Waals surface area contributed by atoms with E-state index in [0.717, 1.165) is 12.2 Å². The maximum absolute atomic E-state index is 12.0. The third kappa shape index (κ3) is 4.43.